The first-order valence-electron chi connectivity index (χ1n) is 12.4. The molecule has 2 N–H and O–H groups in total. The lowest BCUT2D eigenvalue weighted by molar-refractivity contribution is -0.150. The van der Waals surface area contributed by atoms with Crippen molar-refractivity contribution in [1.29, 1.82) is 0 Å². The Morgan fingerprint density at radius 3 is 2.67 bits per heavy atom. The number of hydrogen-bond donors (Lipinski definition) is 2. The summed E-state index contributed by atoms with van der Waals surface area (Å²) in [6, 6.07) is 4.91. The van der Waals surface area contributed by atoms with E-state index in [0.717, 1.165) is 51.0 Å². The van der Waals surface area contributed by atoms with Crippen molar-refractivity contribution in [2.24, 2.45) is 0 Å². The first kappa shape index (κ1) is 26.0. The molecule has 2 heterocycles. The van der Waals surface area contributed by atoms with Crippen LogP contribution in [-0.4, -0.2) is 55.1 Å². The Morgan fingerprint density at radius 2 is 1.97 bits per heavy atom. The second-order valence-corrected chi connectivity index (χ2v) is 9.53. The number of piperidine rings is 1. The predicted octanol–water partition coefficient (Wildman–Crippen LogP) is 4.61. The van der Waals surface area contributed by atoms with Crippen LogP contribution in [0.3, 0.4) is 0 Å². The van der Waals surface area contributed by atoms with Crippen LogP contribution in [0.25, 0.3) is 0 Å². The molecule has 1 aromatic carbocycles. The minimum absolute atomic E-state index is 0.186. The molecule has 1 fully saturated rings. The summed E-state index contributed by atoms with van der Waals surface area (Å²) in [5, 5.41) is 5.70. The van der Waals surface area contributed by atoms with Gasteiger partial charge in [-0.05, 0) is 44.4 Å². The van der Waals surface area contributed by atoms with Crippen molar-refractivity contribution >= 4 is 17.6 Å². The number of allylic oxidation sites excluding steroid dienone is 3. The number of esters is 1. The van der Waals surface area contributed by atoms with Crippen LogP contribution in [0.1, 0.15) is 44.6 Å². The summed E-state index contributed by atoms with van der Waals surface area (Å²) in [7, 11) is 0. The Morgan fingerprint density at radius 1 is 1.19 bits per heavy atom. The molecule has 1 spiro atoms. The normalized spacial score (nSPS) is 19.9. The highest BCUT2D eigenvalue weighted by molar-refractivity contribution is 6.07. The number of benzene rings is 1. The molecule has 0 aromatic heterocycles. The number of nitrogens with zero attached hydrogens (tertiary/aromatic N) is 1. The summed E-state index contributed by atoms with van der Waals surface area (Å²) in [5.74, 6) is -0.827. The standard InChI is InChI=1S/C27H32F3N3O3/c1-19-23(24(34)32-14-13-31-22-9-5-8-21(18-22)27(28,29)30)26(36-25(19)35)11-16-33(17-12-26)15-10-20-6-3-2-4-7-20/h2-3,5-6,8-9,18,31H,4,7,10-17H2,1H3,(H,32,34). The third-order valence-electron chi connectivity index (χ3n) is 7.09. The Balaban J connectivity index is 1.29. The van der Waals surface area contributed by atoms with E-state index in [2.05, 4.69) is 33.8 Å². The van der Waals surface area contributed by atoms with Crippen LogP contribution in [0.15, 0.2) is 59.2 Å². The Hall–Kier alpha value is -3.07. The lowest BCUT2D eigenvalue weighted by Gasteiger charge is -2.39. The second kappa shape index (κ2) is 10.9. The van der Waals surface area contributed by atoms with Gasteiger partial charge in [0.1, 0.15) is 5.60 Å². The Kier molecular flexibility index (Phi) is 7.88. The quantitative estimate of drug-likeness (QED) is 0.401. The van der Waals surface area contributed by atoms with Gasteiger partial charge in [0, 0.05) is 56.8 Å². The van der Waals surface area contributed by atoms with Gasteiger partial charge in [-0.25, -0.2) is 4.79 Å². The smallest absolute Gasteiger partial charge is 0.416 e. The molecule has 0 unspecified atom stereocenters. The molecule has 0 saturated carbocycles. The Bertz CT molecular complexity index is 1080. The van der Waals surface area contributed by atoms with Gasteiger partial charge in [0.25, 0.3) is 5.91 Å². The molecular weight excluding hydrogens is 471 g/mol. The lowest BCUT2D eigenvalue weighted by atomic mass is 9.82. The molecule has 0 atom stereocenters. The molecule has 3 aliphatic rings. The predicted molar refractivity (Wildman–Crippen MR) is 131 cm³/mol. The van der Waals surface area contributed by atoms with E-state index in [1.807, 2.05) is 0 Å². The number of alkyl halides is 3. The van der Waals surface area contributed by atoms with Crippen LogP contribution in [-0.2, 0) is 20.5 Å². The van der Waals surface area contributed by atoms with Gasteiger partial charge in [-0.2, -0.15) is 13.2 Å². The molecule has 9 heteroatoms. The van der Waals surface area contributed by atoms with Gasteiger partial charge in [0.2, 0.25) is 0 Å². The van der Waals surface area contributed by atoms with Gasteiger partial charge in [-0.1, -0.05) is 29.9 Å². The first-order chi connectivity index (χ1) is 17.2. The van der Waals surface area contributed by atoms with Gasteiger partial charge in [0.05, 0.1) is 11.1 Å². The summed E-state index contributed by atoms with van der Waals surface area (Å²) in [6.07, 6.45) is 6.35. The number of halogens is 3. The number of carbonyl (C=O) groups excluding carboxylic acids is 2. The zero-order chi connectivity index (χ0) is 25.8. The average molecular weight is 504 g/mol. The highest BCUT2D eigenvalue weighted by Crippen LogP contribution is 2.41. The molecule has 0 radical (unpaired) electrons. The summed E-state index contributed by atoms with van der Waals surface area (Å²) in [5.41, 5.74) is 0.817. The summed E-state index contributed by atoms with van der Waals surface area (Å²) < 4.78 is 44.4. The number of anilines is 1. The third-order valence-corrected chi connectivity index (χ3v) is 7.09. The number of likely N-dealkylation sites (tertiary alicyclic amines) is 1. The molecule has 6 nitrogen and oxygen atoms in total. The van der Waals surface area contributed by atoms with Crippen LogP contribution in [0.5, 0.6) is 0 Å². The van der Waals surface area contributed by atoms with Gasteiger partial charge in [-0.3, -0.25) is 4.79 Å². The molecule has 1 aromatic rings. The summed E-state index contributed by atoms with van der Waals surface area (Å²) >= 11 is 0. The van der Waals surface area contributed by atoms with Crippen molar-refractivity contribution in [3.8, 4) is 0 Å². The molecule has 1 saturated heterocycles. The van der Waals surface area contributed by atoms with E-state index in [-0.39, 0.29) is 19.0 Å². The van der Waals surface area contributed by atoms with Crippen molar-refractivity contribution in [2.75, 3.05) is 38.0 Å². The van der Waals surface area contributed by atoms with Gasteiger partial charge in [0.15, 0.2) is 0 Å². The fourth-order valence-corrected chi connectivity index (χ4v) is 5.06. The molecule has 1 amide bonds. The third kappa shape index (κ3) is 6.00. The van der Waals surface area contributed by atoms with E-state index < -0.39 is 23.3 Å². The van der Waals surface area contributed by atoms with E-state index in [1.165, 1.54) is 17.7 Å². The zero-order valence-corrected chi connectivity index (χ0v) is 20.4. The maximum Gasteiger partial charge on any atom is 0.416 e. The Labute approximate surface area is 209 Å². The van der Waals surface area contributed by atoms with Gasteiger partial charge < -0.3 is 20.3 Å². The minimum Gasteiger partial charge on any atom is -0.450 e. The highest BCUT2D eigenvalue weighted by Gasteiger charge is 2.50. The SMILES string of the molecule is CC1=C(C(=O)NCCNc2cccc(C(F)(F)F)c2)C2(CCN(CCC3=CC=CCC3)CC2)OC1=O. The van der Waals surface area contributed by atoms with E-state index in [1.54, 1.807) is 6.92 Å². The second-order valence-electron chi connectivity index (χ2n) is 9.53. The highest BCUT2D eigenvalue weighted by atomic mass is 19.4. The summed E-state index contributed by atoms with van der Waals surface area (Å²) in [4.78, 5) is 27.8. The van der Waals surface area contributed by atoms with E-state index in [4.69, 9.17) is 4.74 Å². The fourth-order valence-electron chi connectivity index (χ4n) is 5.06. The molecule has 36 heavy (non-hydrogen) atoms. The molecule has 4 rings (SSSR count). The molecule has 0 bridgehead atoms. The van der Waals surface area contributed by atoms with Crippen molar-refractivity contribution in [3.05, 3.63) is 64.8 Å². The number of amides is 1. The minimum atomic E-state index is -4.42. The topological polar surface area (TPSA) is 70.7 Å². The number of nitrogens with one attached hydrogen (secondary N) is 2. The molecule has 2 aliphatic heterocycles. The van der Waals surface area contributed by atoms with Crippen molar-refractivity contribution < 1.29 is 27.5 Å². The van der Waals surface area contributed by atoms with Crippen LogP contribution >= 0.6 is 0 Å². The summed E-state index contributed by atoms with van der Waals surface area (Å²) in [6.45, 7) is 4.44. The van der Waals surface area contributed by atoms with Crippen LogP contribution in [0, 0.1) is 0 Å². The van der Waals surface area contributed by atoms with E-state index >= 15 is 0 Å². The van der Waals surface area contributed by atoms with Crippen LogP contribution in [0.2, 0.25) is 0 Å². The average Bonchev–Trinajstić information content (AvgIpc) is 3.10. The van der Waals surface area contributed by atoms with Crippen molar-refractivity contribution in [3.63, 3.8) is 0 Å². The van der Waals surface area contributed by atoms with Gasteiger partial charge >= 0.3 is 12.1 Å². The maximum atomic E-state index is 13.1. The van der Waals surface area contributed by atoms with Crippen molar-refractivity contribution in [1.82, 2.24) is 10.2 Å². The van der Waals surface area contributed by atoms with Gasteiger partial charge in [-0.15, -0.1) is 0 Å². The lowest BCUT2D eigenvalue weighted by Crippen LogP contribution is -2.49. The number of carbonyl (C=O) groups is 2. The number of hydrogen-bond acceptors (Lipinski definition) is 5. The number of rotatable bonds is 8. The van der Waals surface area contributed by atoms with Crippen LogP contribution < -0.4 is 10.6 Å². The number of ether oxygens (including phenoxy) is 1. The first-order valence-corrected chi connectivity index (χ1v) is 12.4. The van der Waals surface area contributed by atoms with E-state index in [0.29, 0.717) is 29.7 Å². The van der Waals surface area contributed by atoms with Crippen LogP contribution in [0.4, 0.5) is 18.9 Å². The molecule has 1 aliphatic carbocycles. The van der Waals surface area contributed by atoms with Crippen molar-refractivity contribution in [2.45, 2.75) is 50.8 Å². The maximum absolute atomic E-state index is 13.1. The zero-order valence-electron chi connectivity index (χ0n) is 20.4. The van der Waals surface area contributed by atoms with E-state index in [9.17, 15) is 22.8 Å². The monoisotopic (exact) mass is 503 g/mol. The fraction of sp³-hybridized carbons (Fsp3) is 0.481. The molecular formula is C27H32F3N3O3. The largest absolute Gasteiger partial charge is 0.450 e. The molecule has 194 valence electrons.